The third-order valence-electron chi connectivity index (χ3n) is 4.06. The first-order chi connectivity index (χ1) is 12.1. The Morgan fingerprint density at radius 3 is 2.38 bits per heavy atom. The van der Waals surface area contributed by atoms with E-state index in [9.17, 15) is 13.2 Å². The molecule has 3 rings (SSSR count). The lowest BCUT2D eigenvalue weighted by Crippen LogP contribution is -2.13. The second kappa shape index (κ2) is 6.58. The lowest BCUT2D eigenvalue weighted by Gasteiger charge is -2.10. The van der Waals surface area contributed by atoms with Crippen molar-refractivity contribution >= 4 is 0 Å². The fourth-order valence-corrected chi connectivity index (χ4v) is 2.76. The van der Waals surface area contributed by atoms with Crippen molar-refractivity contribution in [2.75, 3.05) is 0 Å². The Morgan fingerprint density at radius 2 is 1.81 bits per heavy atom. The van der Waals surface area contributed by atoms with E-state index in [1.807, 2.05) is 24.6 Å². The largest absolute Gasteiger partial charge is 0.435 e. The van der Waals surface area contributed by atoms with Crippen molar-refractivity contribution in [3.63, 3.8) is 0 Å². The van der Waals surface area contributed by atoms with Crippen LogP contribution >= 0.6 is 0 Å². The number of hydrogen-bond acceptors (Lipinski definition) is 5. The molecule has 7 nitrogen and oxygen atoms in total. The molecule has 3 aromatic heterocycles. The molecule has 0 aliphatic heterocycles. The smallest absolute Gasteiger partial charge is 0.423 e. The second-order valence-electron chi connectivity index (χ2n) is 6.22. The Hall–Kier alpha value is -2.65. The first-order valence-electron chi connectivity index (χ1n) is 8.12. The van der Waals surface area contributed by atoms with Crippen molar-refractivity contribution in [2.24, 2.45) is 0 Å². The minimum absolute atomic E-state index is 0.216. The molecule has 140 valence electrons. The standard InChI is InChI=1S/C16H19F3N6O/c1-9-7-10(2)24(22-9)6-5-14-20-21-15(26-14)12(4)25-11(3)8-13(23-25)16(17,18)19/h7-8,12H,5-6H2,1-4H3. The Labute approximate surface area is 147 Å². The highest BCUT2D eigenvalue weighted by molar-refractivity contribution is 5.13. The number of nitrogens with zero attached hydrogens (tertiary/aromatic N) is 6. The van der Waals surface area contributed by atoms with E-state index >= 15 is 0 Å². The molecule has 0 amide bonds. The summed E-state index contributed by atoms with van der Waals surface area (Å²) < 4.78 is 47.1. The zero-order valence-electron chi connectivity index (χ0n) is 14.9. The third-order valence-corrected chi connectivity index (χ3v) is 4.06. The van der Waals surface area contributed by atoms with Gasteiger partial charge in [-0.15, -0.1) is 10.2 Å². The molecule has 0 N–H and O–H groups in total. The summed E-state index contributed by atoms with van der Waals surface area (Å²) in [4.78, 5) is 0. The van der Waals surface area contributed by atoms with Crippen molar-refractivity contribution in [1.29, 1.82) is 0 Å². The summed E-state index contributed by atoms with van der Waals surface area (Å²) in [5.74, 6) is 0.619. The highest BCUT2D eigenvalue weighted by atomic mass is 19.4. The van der Waals surface area contributed by atoms with E-state index in [4.69, 9.17) is 4.42 Å². The zero-order valence-corrected chi connectivity index (χ0v) is 14.9. The molecule has 0 fully saturated rings. The number of halogens is 3. The summed E-state index contributed by atoms with van der Waals surface area (Å²) in [6.07, 6.45) is -4.01. The highest BCUT2D eigenvalue weighted by Gasteiger charge is 2.35. The monoisotopic (exact) mass is 368 g/mol. The van der Waals surface area contributed by atoms with Crippen molar-refractivity contribution in [3.8, 4) is 0 Å². The molecule has 0 aliphatic carbocycles. The molecule has 0 saturated heterocycles. The Bertz CT molecular complexity index is 908. The average molecular weight is 368 g/mol. The summed E-state index contributed by atoms with van der Waals surface area (Å²) in [7, 11) is 0. The average Bonchev–Trinajstić information content (AvgIpc) is 3.23. The molecule has 0 radical (unpaired) electrons. The maximum absolute atomic E-state index is 12.8. The summed E-state index contributed by atoms with van der Waals surface area (Å²) in [6, 6.07) is 2.37. The van der Waals surface area contributed by atoms with Gasteiger partial charge in [-0.1, -0.05) is 0 Å². The first kappa shape index (κ1) is 18.2. The van der Waals surface area contributed by atoms with Crippen LogP contribution in [-0.4, -0.2) is 29.8 Å². The van der Waals surface area contributed by atoms with Crippen molar-refractivity contribution in [2.45, 2.75) is 52.9 Å². The van der Waals surface area contributed by atoms with Crippen LogP contribution < -0.4 is 0 Å². The van der Waals surface area contributed by atoms with Gasteiger partial charge in [0, 0.05) is 24.4 Å². The van der Waals surface area contributed by atoms with Crippen molar-refractivity contribution < 1.29 is 17.6 Å². The zero-order chi connectivity index (χ0) is 19.1. The summed E-state index contributed by atoms with van der Waals surface area (Å²) >= 11 is 0. The van der Waals surface area contributed by atoms with Gasteiger partial charge in [0.25, 0.3) is 0 Å². The van der Waals surface area contributed by atoms with E-state index < -0.39 is 17.9 Å². The van der Waals surface area contributed by atoms with Gasteiger partial charge in [0.05, 0.1) is 5.69 Å². The molecule has 3 heterocycles. The molecule has 0 bridgehead atoms. The van der Waals surface area contributed by atoms with Crippen LogP contribution in [0.25, 0.3) is 0 Å². The predicted molar refractivity (Wildman–Crippen MR) is 85.5 cm³/mol. The van der Waals surface area contributed by atoms with Gasteiger partial charge in [0.1, 0.15) is 6.04 Å². The first-order valence-corrected chi connectivity index (χ1v) is 8.12. The van der Waals surface area contributed by atoms with Gasteiger partial charge < -0.3 is 4.42 Å². The van der Waals surface area contributed by atoms with Crippen molar-refractivity contribution in [1.82, 2.24) is 29.8 Å². The molecule has 0 spiro atoms. The molecule has 3 aromatic rings. The maximum atomic E-state index is 12.8. The fraction of sp³-hybridized carbons (Fsp3) is 0.500. The molecule has 1 atom stereocenters. The van der Waals surface area contributed by atoms with E-state index in [0.29, 0.717) is 24.6 Å². The molecule has 10 heteroatoms. The van der Waals surface area contributed by atoms with E-state index in [-0.39, 0.29) is 5.89 Å². The molecule has 26 heavy (non-hydrogen) atoms. The Kier molecular flexibility index (Phi) is 4.59. The van der Waals surface area contributed by atoms with Gasteiger partial charge in [-0.25, -0.2) is 0 Å². The molecule has 0 saturated carbocycles. The summed E-state index contributed by atoms with van der Waals surface area (Å²) in [6.45, 7) is 7.67. The van der Waals surface area contributed by atoms with Crippen LogP contribution in [0.1, 0.15) is 47.5 Å². The van der Waals surface area contributed by atoms with E-state index in [2.05, 4.69) is 20.4 Å². The van der Waals surface area contributed by atoms with Crippen LogP contribution in [0.5, 0.6) is 0 Å². The SMILES string of the molecule is Cc1cc(C)n(CCc2nnc(C(C)n3nc(C(F)(F)F)cc3C)o2)n1. The van der Waals surface area contributed by atoms with E-state index in [1.165, 1.54) is 4.68 Å². The fourth-order valence-electron chi connectivity index (χ4n) is 2.76. The lowest BCUT2D eigenvalue weighted by atomic mass is 10.3. The second-order valence-corrected chi connectivity index (χ2v) is 6.22. The van der Waals surface area contributed by atoms with Crippen LogP contribution in [0.4, 0.5) is 13.2 Å². The number of alkyl halides is 3. The maximum Gasteiger partial charge on any atom is 0.435 e. The molecule has 0 aromatic carbocycles. The van der Waals surface area contributed by atoms with Crippen LogP contribution in [0, 0.1) is 20.8 Å². The Morgan fingerprint density at radius 1 is 1.08 bits per heavy atom. The third kappa shape index (κ3) is 3.63. The lowest BCUT2D eigenvalue weighted by molar-refractivity contribution is -0.141. The van der Waals surface area contributed by atoms with Crippen LogP contribution in [0.2, 0.25) is 0 Å². The van der Waals surface area contributed by atoms with Gasteiger partial charge in [-0.3, -0.25) is 9.36 Å². The van der Waals surface area contributed by atoms with Gasteiger partial charge in [-0.05, 0) is 39.8 Å². The van der Waals surface area contributed by atoms with Gasteiger partial charge >= 0.3 is 6.18 Å². The normalized spacial score (nSPS) is 13.3. The van der Waals surface area contributed by atoms with Gasteiger partial charge in [0.2, 0.25) is 11.8 Å². The molecule has 0 aliphatic rings. The van der Waals surface area contributed by atoms with Crippen molar-refractivity contribution in [3.05, 3.63) is 46.7 Å². The van der Waals surface area contributed by atoms with E-state index in [0.717, 1.165) is 17.5 Å². The topological polar surface area (TPSA) is 74.6 Å². The molecular weight excluding hydrogens is 349 g/mol. The summed E-state index contributed by atoms with van der Waals surface area (Å²) in [5.41, 5.74) is 1.39. The van der Waals surface area contributed by atoms with Gasteiger partial charge in [-0.2, -0.15) is 23.4 Å². The van der Waals surface area contributed by atoms with Gasteiger partial charge in [0.15, 0.2) is 5.69 Å². The molecule has 1 unspecified atom stereocenters. The number of aryl methyl sites for hydroxylation is 5. The van der Waals surface area contributed by atoms with E-state index in [1.54, 1.807) is 13.8 Å². The quantitative estimate of drug-likeness (QED) is 0.691. The molecular formula is C16H19F3N6O. The highest BCUT2D eigenvalue weighted by Crippen LogP contribution is 2.30. The summed E-state index contributed by atoms with van der Waals surface area (Å²) in [5, 5.41) is 15.9. The Balaban J connectivity index is 1.73. The number of rotatable bonds is 5. The van der Waals surface area contributed by atoms with Crippen LogP contribution in [-0.2, 0) is 19.1 Å². The number of aromatic nitrogens is 6. The van der Waals surface area contributed by atoms with Crippen LogP contribution in [0.3, 0.4) is 0 Å². The minimum atomic E-state index is -4.49. The van der Waals surface area contributed by atoms with Crippen LogP contribution in [0.15, 0.2) is 16.5 Å². The predicted octanol–water partition coefficient (Wildman–Crippen LogP) is 3.26. The number of hydrogen-bond donors (Lipinski definition) is 0. The minimum Gasteiger partial charge on any atom is -0.423 e.